The molecule has 2 amide bonds. The second-order valence-corrected chi connectivity index (χ2v) is 13.9. The van der Waals surface area contributed by atoms with Crippen LogP contribution in [0.3, 0.4) is 0 Å². The minimum absolute atomic E-state index is 0.0845. The first-order valence-electron chi connectivity index (χ1n) is 17.2. The van der Waals surface area contributed by atoms with E-state index in [0.29, 0.717) is 74.8 Å². The quantitative estimate of drug-likeness (QED) is 0.298. The van der Waals surface area contributed by atoms with Crippen LogP contribution in [0.2, 0.25) is 0 Å². The SMILES string of the molecule is COc1ncc([C@H]2CC[C@H](CN(c3cc(-c4coc(C5CC5)n4)ccn3)C(=O)[C@H]3CC[C@H](OC(=O)N4CC(O)C4)CC3)CC2)cc1C. The van der Waals surface area contributed by atoms with Crippen LogP contribution in [-0.4, -0.2) is 75.9 Å². The Morgan fingerprint density at radius 2 is 1.74 bits per heavy atom. The van der Waals surface area contributed by atoms with Crippen molar-refractivity contribution in [1.82, 2.24) is 19.9 Å². The van der Waals surface area contributed by atoms with Gasteiger partial charge in [-0.25, -0.2) is 19.7 Å². The smallest absolute Gasteiger partial charge is 0.410 e. The largest absolute Gasteiger partial charge is 0.481 e. The van der Waals surface area contributed by atoms with E-state index in [2.05, 4.69) is 11.1 Å². The summed E-state index contributed by atoms with van der Waals surface area (Å²) in [6.07, 6.45) is 13.3. The number of hydrogen-bond donors (Lipinski definition) is 1. The van der Waals surface area contributed by atoms with E-state index in [1.54, 1.807) is 19.6 Å². The van der Waals surface area contributed by atoms with E-state index >= 15 is 0 Å². The van der Waals surface area contributed by atoms with E-state index in [1.807, 2.05) is 30.2 Å². The lowest BCUT2D eigenvalue weighted by molar-refractivity contribution is -0.124. The summed E-state index contributed by atoms with van der Waals surface area (Å²) in [6.45, 7) is 3.29. The Kier molecular flexibility index (Phi) is 9.16. The van der Waals surface area contributed by atoms with Gasteiger partial charge in [-0.1, -0.05) is 0 Å². The lowest BCUT2D eigenvalue weighted by Gasteiger charge is -2.38. The Labute approximate surface area is 275 Å². The van der Waals surface area contributed by atoms with Gasteiger partial charge in [0.15, 0.2) is 5.89 Å². The Morgan fingerprint density at radius 1 is 1.00 bits per heavy atom. The summed E-state index contributed by atoms with van der Waals surface area (Å²) in [5, 5.41) is 9.52. The van der Waals surface area contributed by atoms with Crippen molar-refractivity contribution in [2.75, 3.05) is 31.6 Å². The van der Waals surface area contributed by atoms with Gasteiger partial charge < -0.3 is 23.9 Å². The fraction of sp³-hybridized carbons (Fsp3) is 0.583. The van der Waals surface area contributed by atoms with Gasteiger partial charge in [-0.3, -0.25) is 9.69 Å². The standard InChI is InChI=1S/C36H45N5O6/c1-22-15-28(17-38-33(22)45-2)24-5-3-23(4-6-24)18-41(32-16-27(13-14-37-32)31-21-46-34(39-31)25-7-8-25)35(43)26-9-11-30(12-10-26)47-36(44)40-19-29(42)20-40/h13-17,21,23-26,29-30,42H,3-12,18-20H2,1-2H3/t23-,24-,26-,30-. The predicted molar refractivity (Wildman–Crippen MR) is 174 cm³/mol. The highest BCUT2D eigenvalue weighted by atomic mass is 16.6. The van der Waals surface area contributed by atoms with Crippen molar-refractivity contribution >= 4 is 17.8 Å². The van der Waals surface area contributed by atoms with Crippen molar-refractivity contribution in [3.05, 3.63) is 53.9 Å². The molecule has 3 aromatic rings. The number of pyridine rings is 2. The van der Waals surface area contributed by atoms with E-state index in [9.17, 15) is 14.7 Å². The Morgan fingerprint density at radius 3 is 2.43 bits per heavy atom. The number of aromatic nitrogens is 3. The molecule has 3 aliphatic carbocycles. The molecule has 1 N–H and O–H groups in total. The molecule has 3 saturated carbocycles. The maximum atomic E-state index is 14.3. The molecule has 4 heterocycles. The highest BCUT2D eigenvalue weighted by Crippen LogP contribution is 2.41. The number of nitrogens with zero attached hydrogens (tertiary/aromatic N) is 5. The zero-order valence-corrected chi connectivity index (χ0v) is 27.3. The Balaban J connectivity index is 1.04. The second kappa shape index (κ2) is 13.6. The van der Waals surface area contributed by atoms with Crippen LogP contribution in [0.15, 0.2) is 41.3 Å². The van der Waals surface area contributed by atoms with E-state index in [0.717, 1.165) is 61.2 Å². The summed E-state index contributed by atoms with van der Waals surface area (Å²) in [7, 11) is 1.65. The predicted octanol–water partition coefficient (Wildman–Crippen LogP) is 6.00. The van der Waals surface area contributed by atoms with Crippen molar-refractivity contribution in [3.8, 4) is 17.1 Å². The molecule has 4 fully saturated rings. The molecule has 0 aromatic carbocycles. The number of carbonyl (C=O) groups excluding carboxylic acids is 2. The number of aliphatic hydroxyl groups is 1. The number of β-amino-alcohol motifs (C(OH)–C–C–N with tert-alkyl or cyclic N) is 1. The highest BCUT2D eigenvalue weighted by molar-refractivity contribution is 5.94. The minimum atomic E-state index is -0.461. The van der Waals surface area contributed by atoms with Gasteiger partial charge in [-0.2, -0.15) is 0 Å². The molecule has 11 heteroatoms. The second-order valence-electron chi connectivity index (χ2n) is 13.9. The summed E-state index contributed by atoms with van der Waals surface area (Å²) in [5.41, 5.74) is 3.96. The van der Waals surface area contributed by atoms with E-state index < -0.39 is 6.10 Å². The number of methoxy groups -OCH3 is 1. The number of anilines is 1. The summed E-state index contributed by atoms with van der Waals surface area (Å²) in [4.78, 5) is 44.1. The number of rotatable bonds is 9. The molecule has 4 aliphatic rings. The molecule has 3 aromatic heterocycles. The number of ether oxygens (including phenoxy) is 2. The summed E-state index contributed by atoms with van der Waals surface area (Å²) < 4.78 is 16.8. The molecule has 7 rings (SSSR count). The highest BCUT2D eigenvalue weighted by Gasteiger charge is 2.36. The third kappa shape index (κ3) is 7.15. The molecular formula is C36H45N5O6. The Bertz CT molecular complexity index is 1570. The first-order valence-corrected chi connectivity index (χ1v) is 17.2. The fourth-order valence-corrected chi connectivity index (χ4v) is 7.39. The van der Waals surface area contributed by atoms with E-state index in [1.165, 1.54) is 10.5 Å². The summed E-state index contributed by atoms with van der Waals surface area (Å²) >= 11 is 0. The number of carbonyl (C=O) groups is 2. The van der Waals surface area contributed by atoms with Crippen molar-refractivity contribution in [1.29, 1.82) is 0 Å². The van der Waals surface area contributed by atoms with Crippen molar-refractivity contribution in [2.24, 2.45) is 11.8 Å². The molecule has 0 unspecified atom stereocenters. The topological polar surface area (TPSA) is 131 Å². The lowest BCUT2D eigenvalue weighted by Crippen LogP contribution is -2.54. The molecule has 0 atom stereocenters. The van der Waals surface area contributed by atoms with Gasteiger partial charge >= 0.3 is 6.09 Å². The molecule has 0 spiro atoms. The van der Waals surface area contributed by atoms with Crippen LogP contribution >= 0.6 is 0 Å². The molecule has 250 valence electrons. The van der Waals surface area contributed by atoms with Gasteiger partial charge in [0.05, 0.1) is 26.3 Å². The number of aryl methyl sites for hydroxylation is 1. The maximum Gasteiger partial charge on any atom is 0.410 e. The van der Waals surface area contributed by atoms with Gasteiger partial charge in [0.1, 0.15) is 23.9 Å². The number of hydrogen-bond acceptors (Lipinski definition) is 9. The molecule has 1 aliphatic heterocycles. The first kappa shape index (κ1) is 31.6. The number of aliphatic hydroxyl groups excluding tert-OH is 1. The molecule has 11 nitrogen and oxygen atoms in total. The van der Waals surface area contributed by atoms with Crippen molar-refractivity contribution in [2.45, 2.75) is 95.2 Å². The number of amides is 2. The average molecular weight is 644 g/mol. The van der Waals surface area contributed by atoms with Crippen LogP contribution in [0, 0.1) is 18.8 Å². The van der Waals surface area contributed by atoms with Crippen molar-refractivity contribution < 1.29 is 28.6 Å². The van der Waals surface area contributed by atoms with Crippen LogP contribution in [0.25, 0.3) is 11.3 Å². The van der Waals surface area contributed by atoms with Crippen LogP contribution in [0.5, 0.6) is 5.88 Å². The van der Waals surface area contributed by atoms with Gasteiger partial charge in [0.25, 0.3) is 0 Å². The van der Waals surface area contributed by atoms with Gasteiger partial charge in [0.2, 0.25) is 11.8 Å². The lowest BCUT2D eigenvalue weighted by atomic mass is 9.78. The van der Waals surface area contributed by atoms with Crippen molar-refractivity contribution in [3.63, 3.8) is 0 Å². The van der Waals surface area contributed by atoms with Gasteiger partial charge in [-0.15, -0.1) is 0 Å². The van der Waals surface area contributed by atoms with Crippen LogP contribution in [0.4, 0.5) is 10.6 Å². The zero-order chi connectivity index (χ0) is 32.5. The minimum Gasteiger partial charge on any atom is -0.481 e. The zero-order valence-electron chi connectivity index (χ0n) is 27.3. The Hall–Kier alpha value is -3.99. The van der Waals surface area contributed by atoms with Crippen LogP contribution in [-0.2, 0) is 9.53 Å². The molecule has 0 radical (unpaired) electrons. The first-order chi connectivity index (χ1) is 22.8. The third-order valence-corrected chi connectivity index (χ3v) is 10.4. The van der Waals surface area contributed by atoms with E-state index in [4.69, 9.17) is 23.9 Å². The average Bonchev–Trinajstić information content (AvgIpc) is 3.81. The molecule has 47 heavy (non-hydrogen) atoms. The molecular weight excluding hydrogens is 598 g/mol. The normalized spacial score (nSPS) is 24.8. The van der Waals surface area contributed by atoms with Crippen LogP contribution in [0.1, 0.15) is 93.1 Å². The third-order valence-electron chi connectivity index (χ3n) is 10.4. The monoisotopic (exact) mass is 643 g/mol. The fourth-order valence-electron chi connectivity index (χ4n) is 7.39. The number of likely N-dealkylation sites (tertiary alicyclic amines) is 1. The van der Waals surface area contributed by atoms with Gasteiger partial charge in [0, 0.05) is 41.9 Å². The van der Waals surface area contributed by atoms with Gasteiger partial charge in [-0.05, 0) is 107 Å². The maximum absolute atomic E-state index is 14.3. The number of oxazole rings is 1. The molecule has 1 saturated heterocycles. The van der Waals surface area contributed by atoms with E-state index in [-0.39, 0.29) is 24.0 Å². The van der Waals surface area contributed by atoms with Crippen LogP contribution < -0.4 is 9.64 Å². The summed E-state index contributed by atoms with van der Waals surface area (Å²) in [5.74, 6) is 3.23. The summed E-state index contributed by atoms with van der Waals surface area (Å²) in [6, 6.07) is 6.09. The molecule has 0 bridgehead atoms.